The Kier molecular flexibility index (Phi) is 5.53. The number of aldehydes is 2. The molecule has 0 saturated heterocycles. The van der Waals surface area contributed by atoms with Crippen molar-refractivity contribution in [1.29, 1.82) is 0 Å². The van der Waals surface area contributed by atoms with Crippen molar-refractivity contribution in [3.05, 3.63) is 35.5 Å². The standard InChI is InChI=1S/C10H12O2/c1-9(5-3-4-6-11)7-10(2)8-12/h3-8H,1-2H3/b4-3+,9-5+,10-7+. The van der Waals surface area contributed by atoms with Gasteiger partial charge in [-0.25, -0.2) is 0 Å². The summed E-state index contributed by atoms with van der Waals surface area (Å²) < 4.78 is 0. The van der Waals surface area contributed by atoms with Crippen LogP contribution in [-0.2, 0) is 9.59 Å². The Balaban J connectivity index is 4.28. The van der Waals surface area contributed by atoms with E-state index in [0.29, 0.717) is 11.9 Å². The number of allylic oxidation sites excluding steroid dienone is 6. The molecule has 0 aromatic heterocycles. The zero-order valence-electron chi connectivity index (χ0n) is 7.28. The molecule has 2 nitrogen and oxygen atoms in total. The topological polar surface area (TPSA) is 34.1 Å². The third kappa shape index (κ3) is 5.35. The van der Waals surface area contributed by atoms with Crippen molar-refractivity contribution in [3.8, 4) is 0 Å². The molecule has 0 aliphatic heterocycles. The maximum absolute atomic E-state index is 10.2. The molecule has 0 spiro atoms. The summed E-state index contributed by atoms with van der Waals surface area (Å²) in [7, 11) is 0. The fourth-order valence-electron chi connectivity index (χ4n) is 0.694. The summed E-state index contributed by atoms with van der Waals surface area (Å²) in [5.41, 5.74) is 1.61. The van der Waals surface area contributed by atoms with Crippen LogP contribution < -0.4 is 0 Å². The molecule has 0 aromatic rings. The summed E-state index contributed by atoms with van der Waals surface area (Å²) in [6.45, 7) is 3.59. The van der Waals surface area contributed by atoms with Crippen LogP contribution in [0.3, 0.4) is 0 Å². The van der Waals surface area contributed by atoms with Crippen LogP contribution in [0.4, 0.5) is 0 Å². The average molecular weight is 164 g/mol. The molecule has 0 saturated carbocycles. The van der Waals surface area contributed by atoms with Crippen LogP contribution in [0.15, 0.2) is 35.5 Å². The Morgan fingerprint density at radius 2 is 1.67 bits per heavy atom. The molecule has 0 aliphatic rings. The molecule has 0 fully saturated rings. The second-order valence-electron chi connectivity index (χ2n) is 2.44. The molecule has 2 heteroatoms. The molecular formula is C10H12O2. The van der Waals surface area contributed by atoms with E-state index in [1.165, 1.54) is 6.08 Å². The molecule has 0 rings (SSSR count). The van der Waals surface area contributed by atoms with E-state index in [4.69, 9.17) is 0 Å². The summed E-state index contributed by atoms with van der Waals surface area (Å²) in [6.07, 6.45) is 8.05. The molecule has 0 heterocycles. The van der Waals surface area contributed by atoms with Gasteiger partial charge < -0.3 is 0 Å². The van der Waals surface area contributed by atoms with E-state index in [2.05, 4.69) is 0 Å². The Morgan fingerprint density at radius 3 is 2.17 bits per heavy atom. The number of rotatable bonds is 4. The first-order chi connectivity index (χ1) is 5.70. The predicted octanol–water partition coefficient (Wildman–Crippen LogP) is 1.83. The van der Waals surface area contributed by atoms with Gasteiger partial charge in [0.05, 0.1) is 0 Å². The molecule has 0 amide bonds. The Morgan fingerprint density at radius 1 is 1.00 bits per heavy atom. The van der Waals surface area contributed by atoms with Crippen molar-refractivity contribution in [1.82, 2.24) is 0 Å². The van der Waals surface area contributed by atoms with E-state index < -0.39 is 0 Å². The lowest BCUT2D eigenvalue weighted by atomic mass is 10.2. The summed E-state index contributed by atoms with van der Waals surface area (Å²) in [5.74, 6) is 0. The number of carbonyl (C=O) groups is 2. The van der Waals surface area contributed by atoms with Gasteiger partial charge in [-0.05, 0) is 25.5 Å². The largest absolute Gasteiger partial charge is 0.299 e. The van der Waals surface area contributed by atoms with Crippen LogP contribution in [0.25, 0.3) is 0 Å². The predicted molar refractivity (Wildman–Crippen MR) is 48.8 cm³/mol. The summed E-state index contributed by atoms with van der Waals surface area (Å²) in [5, 5.41) is 0. The summed E-state index contributed by atoms with van der Waals surface area (Å²) >= 11 is 0. The molecule has 0 N–H and O–H groups in total. The summed E-state index contributed by atoms with van der Waals surface area (Å²) in [6, 6.07) is 0. The molecule has 0 aromatic carbocycles. The number of hydrogen-bond acceptors (Lipinski definition) is 2. The molecule has 0 unspecified atom stereocenters. The van der Waals surface area contributed by atoms with Crippen LogP contribution in [0.1, 0.15) is 13.8 Å². The van der Waals surface area contributed by atoms with Gasteiger partial charge in [0.1, 0.15) is 12.6 Å². The first kappa shape index (κ1) is 10.6. The van der Waals surface area contributed by atoms with Crippen LogP contribution in [-0.4, -0.2) is 12.6 Å². The number of hydrogen-bond donors (Lipinski definition) is 0. The van der Waals surface area contributed by atoms with Gasteiger partial charge in [0, 0.05) is 0 Å². The van der Waals surface area contributed by atoms with E-state index >= 15 is 0 Å². The fraction of sp³-hybridized carbons (Fsp3) is 0.200. The van der Waals surface area contributed by atoms with Gasteiger partial charge in [0.15, 0.2) is 0 Å². The SMILES string of the molecule is C\C(C=O)=C/C(C)=C/C=C/C=O. The monoisotopic (exact) mass is 164 g/mol. The summed E-state index contributed by atoms with van der Waals surface area (Å²) in [4.78, 5) is 20.1. The quantitative estimate of drug-likeness (QED) is 0.361. The van der Waals surface area contributed by atoms with Crippen molar-refractivity contribution >= 4 is 12.6 Å². The van der Waals surface area contributed by atoms with Gasteiger partial charge in [-0.1, -0.05) is 23.8 Å². The highest BCUT2D eigenvalue weighted by Gasteiger charge is 1.84. The average Bonchev–Trinajstić information content (AvgIpc) is 2.05. The normalized spacial score (nSPS) is 13.5. The number of carbonyl (C=O) groups excluding carboxylic acids is 2. The molecule has 12 heavy (non-hydrogen) atoms. The van der Waals surface area contributed by atoms with E-state index in [-0.39, 0.29) is 0 Å². The van der Waals surface area contributed by atoms with Crippen molar-refractivity contribution in [2.24, 2.45) is 0 Å². The lowest BCUT2D eigenvalue weighted by molar-refractivity contribution is -0.105. The van der Waals surface area contributed by atoms with Crippen LogP contribution in [0.5, 0.6) is 0 Å². The van der Waals surface area contributed by atoms with Gasteiger partial charge in [-0.3, -0.25) is 9.59 Å². The molecule has 0 atom stereocenters. The maximum atomic E-state index is 10.2. The van der Waals surface area contributed by atoms with Crippen molar-refractivity contribution in [3.63, 3.8) is 0 Å². The molecule has 0 bridgehead atoms. The third-order valence-corrected chi connectivity index (χ3v) is 1.19. The van der Waals surface area contributed by atoms with Gasteiger partial charge in [-0.15, -0.1) is 0 Å². The van der Waals surface area contributed by atoms with Gasteiger partial charge in [0.2, 0.25) is 0 Å². The zero-order valence-corrected chi connectivity index (χ0v) is 7.28. The van der Waals surface area contributed by atoms with Crippen LogP contribution in [0, 0.1) is 0 Å². The second kappa shape index (κ2) is 6.28. The van der Waals surface area contributed by atoms with Gasteiger partial charge in [0.25, 0.3) is 0 Å². The smallest absolute Gasteiger partial charge is 0.145 e. The van der Waals surface area contributed by atoms with Gasteiger partial charge >= 0.3 is 0 Å². The lowest BCUT2D eigenvalue weighted by Crippen LogP contribution is -1.76. The minimum atomic E-state index is 0.670. The Bertz CT molecular complexity index is 245. The van der Waals surface area contributed by atoms with E-state index in [1.807, 2.05) is 6.92 Å². The first-order valence-corrected chi connectivity index (χ1v) is 3.63. The van der Waals surface area contributed by atoms with Crippen molar-refractivity contribution < 1.29 is 9.59 Å². The third-order valence-electron chi connectivity index (χ3n) is 1.19. The molecule has 0 aliphatic carbocycles. The zero-order chi connectivity index (χ0) is 9.40. The highest BCUT2D eigenvalue weighted by Crippen LogP contribution is 1.99. The van der Waals surface area contributed by atoms with E-state index in [1.54, 1.807) is 25.2 Å². The molecule has 0 radical (unpaired) electrons. The Hall–Kier alpha value is -1.44. The fourth-order valence-corrected chi connectivity index (χ4v) is 0.694. The van der Waals surface area contributed by atoms with Gasteiger partial charge in [-0.2, -0.15) is 0 Å². The van der Waals surface area contributed by atoms with Crippen molar-refractivity contribution in [2.45, 2.75) is 13.8 Å². The minimum absolute atomic E-state index is 0.670. The molecule has 64 valence electrons. The second-order valence-corrected chi connectivity index (χ2v) is 2.44. The lowest BCUT2D eigenvalue weighted by Gasteiger charge is -1.89. The minimum Gasteiger partial charge on any atom is -0.299 e. The van der Waals surface area contributed by atoms with E-state index in [9.17, 15) is 9.59 Å². The highest BCUT2D eigenvalue weighted by molar-refractivity contribution is 5.73. The maximum Gasteiger partial charge on any atom is 0.145 e. The van der Waals surface area contributed by atoms with Crippen LogP contribution in [0.2, 0.25) is 0 Å². The van der Waals surface area contributed by atoms with E-state index in [0.717, 1.165) is 11.9 Å². The van der Waals surface area contributed by atoms with Crippen LogP contribution >= 0.6 is 0 Å². The molecular weight excluding hydrogens is 152 g/mol. The Labute approximate surface area is 72.3 Å². The van der Waals surface area contributed by atoms with Crippen molar-refractivity contribution in [2.75, 3.05) is 0 Å². The first-order valence-electron chi connectivity index (χ1n) is 3.63. The highest BCUT2D eigenvalue weighted by atomic mass is 16.1.